The molecule has 126 valence electrons. The number of hydrogen-bond donors (Lipinski definition) is 0. The SMILES string of the molecule is CCCCCC[C@H](C)CCCOS(=O)(=O)c1ccc(C)cc1. The van der Waals surface area contributed by atoms with E-state index >= 15 is 0 Å². The van der Waals surface area contributed by atoms with Crippen LogP contribution >= 0.6 is 0 Å². The van der Waals surface area contributed by atoms with Gasteiger partial charge in [-0.25, -0.2) is 0 Å². The van der Waals surface area contributed by atoms with Gasteiger partial charge in [-0.15, -0.1) is 0 Å². The predicted molar refractivity (Wildman–Crippen MR) is 91.5 cm³/mol. The molecule has 0 amide bonds. The van der Waals surface area contributed by atoms with Crippen molar-refractivity contribution in [2.24, 2.45) is 5.92 Å². The van der Waals surface area contributed by atoms with Gasteiger partial charge in [0.05, 0.1) is 11.5 Å². The molecule has 0 N–H and O–H groups in total. The maximum Gasteiger partial charge on any atom is 0.296 e. The second kappa shape index (κ2) is 10.0. The molecule has 0 aromatic heterocycles. The Morgan fingerprint density at radius 1 is 1.00 bits per heavy atom. The van der Waals surface area contributed by atoms with Crippen LogP contribution in [0.2, 0.25) is 0 Å². The third-order valence-corrected chi connectivity index (χ3v) is 5.27. The topological polar surface area (TPSA) is 43.4 Å². The Kier molecular flexibility index (Phi) is 8.72. The zero-order chi connectivity index (χ0) is 16.4. The van der Waals surface area contributed by atoms with Crippen molar-refractivity contribution in [1.29, 1.82) is 0 Å². The molecule has 1 aromatic rings. The van der Waals surface area contributed by atoms with Crippen LogP contribution in [0.5, 0.6) is 0 Å². The lowest BCUT2D eigenvalue weighted by Crippen LogP contribution is -2.08. The highest BCUT2D eigenvalue weighted by atomic mass is 32.2. The highest BCUT2D eigenvalue weighted by Gasteiger charge is 2.14. The first-order valence-electron chi connectivity index (χ1n) is 8.42. The highest BCUT2D eigenvalue weighted by molar-refractivity contribution is 7.86. The number of rotatable bonds is 11. The molecule has 3 nitrogen and oxygen atoms in total. The van der Waals surface area contributed by atoms with Crippen LogP contribution in [0.3, 0.4) is 0 Å². The maximum absolute atomic E-state index is 12.0. The Morgan fingerprint density at radius 3 is 2.27 bits per heavy atom. The summed E-state index contributed by atoms with van der Waals surface area (Å²) in [6.45, 7) is 6.66. The minimum absolute atomic E-state index is 0.241. The molecule has 0 aliphatic carbocycles. The lowest BCUT2D eigenvalue weighted by Gasteiger charge is -2.11. The summed E-state index contributed by atoms with van der Waals surface area (Å²) >= 11 is 0. The fourth-order valence-electron chi connectivity index (χ4n) is 2.44. The highest BCUT2D eigenvalue weighted by Crippen LogP contribution is 2.17. The Labute approximate surface area is 136 Å². The van der Waals surface area contributed by atoms with Crippen molar-refractivity contribution in [3.05, 3.63) is 29.8 Å². The fourth-order valence-corrected chi connectivity index (χ4v) is 3.38. The van der Waals surface area contributed by atoms with E-state index in [1.807, 2.05) is 6.92 Å². The van der Waals surface area contributed by atoms with E-state index in [1.54, 1.807) is 24.3 Å². The largest absolute Gasteiger partial charge is 0.296 e. The molecule has 0 radical (unpaired) electrons. The summed E-state index contributed by atoms with van der Waals surface area (Å²) in [6, 6.07) is 6.77. The maximum atomic E-state index is 12.0. The van der Waals surface area contributed by atoms with Crippen molar-refractivity contribution in [3.8, 4) is 0 Å². The average Bonchev–Trinajstić information content (AvgIpc) is 2.49. The third kappa shape index (κ3) is 7.41. The van der Waals surface area contributed by atoms with Gasteiger partial charge in [0.1, 0.15) is 0 Å². The summed E-state index contributed by atoms with van der Waals surface area (Å²) in [5.74, 6) is 0.641. The molecule has 0 spiro atoms. The van der Waals surface area contributed by atoms with Crippen molar-refractivity contribution in [3.63, 3.8) is 0 Å². The van der Waals surface area contributed by atoms with Crippen molar-refractivity contribution < 1.29 is 12.6 Å². The summed E-state index contributed by atoms with van der Waals surface area (Å²) in [5.41, 5.74) is 1.04. The zero-order valence-corrected chi connectivity index (χ0v) is 15.0. The molecule has 4 heteroatoms. The monoisotopic (exact) mass is 326 g/mol. The fraction of sp³-hybridized carbons (Fsp3) is 0.667. The Bertz CT molecular complexity index is 506. The van der Waals surface area contributed by atoms with Crippen LogP contribution in [0.25, 0.3) is 0 Å². The Balaban J connectivity index is 2.24. The second-order valence-corrected chi connectivity index (χ2v) is 7.80. The van der Waals surface area contributed by atoms with Gasteiger partial charge in [0.25, 0.3) is 10.1 Å². The summed E-state index contributed by atoms with van der Waals surface area (Å²) in [5, 5.41) is 0. The minimum Gasteiger partial charge on any atom is -0.266 e. The summed E-state index contributed by atoms with van der Waals surface area (Å²) in [7, 11) is -3.60. The standard InChI is InChI=1S/C18H30O3S/c1-4-5-6-7-9-16(2)10-8-15-21-22(19,20)18-13-11-17(3)12-14-18/h11-14,16H,4-10,15H2,1-3H3/t16-/m0/s1. The summed E-state index contributed by atoms with van der Waals surface area (Å²) in [4.78, 5) is 0.241. The molecule has 0 aliphatic rings. The van der Waals surface area contributed by atoms with Crippen LogP contribution in [-0.2, 0) is 14.3 Å². The van der Waals surface area contributed by atoms with Gasteiger partial charge in [-0.05, 0) is 37.8 Å². The second-order valence-electron chi connectivity index (χ2n) is 6.19. The van der Waals surface area contributed by atoms with E-state index in [1.165, 1.54) is 32.1 Å². The molecular weight excluding hydrogens is 296 g/mol. The molecule has 0 heterocycles. The molecule has 1 atom stereocenters. The van der Waals surface area contributed by atoms with Crippen molar-refractivity contribution in [2.45, 2.75) is 70.6 Å². The molecule has 0 aliphatic heterocycles. The van der Waals surface area contributed by atoms with E-state index < -0.39 is 10.1 Å². The van der Waals surface area contributed by atoms with Crippen LogP contribution in [-0.4, -0.2) is 15.0 Å². The molecule has 22 heavy (non-hydrogen) atoms. The normalized spacial score (nSPS) is 13.2. The number of benzene rings is 1. The number of aryl methyl sites for hydroxylation is 1. The van der Waals surface area contributed by atoms with Gasteiger partial charge in [0.2, 0.25) is 0 Å². The smallest absolute Gasteiger partial charge is 0.266 e. The van der Waals surface area contributed by atoms with Crippen molar-refractivity contribution in [2.75, 3.05) is 6.61 Å². The van der Waals surface area contributed by atoms with Crippen LogP contribution < -0.4 is 0 Å². The van der Waals surface area contributed by atoms with E-state index in [2.05, 4.69) is 13.8 Å². The van der Waals surface area contributed by atoms with Crippen molar-refractivity contribution in [1.82, 2.24) is 0 Å². The quantitative estimate of drug-likeness (QED) is 0.420. The molecule has 1 rings (SSSR count). The van der Waals surface area contributed by atoms with Gasteiger partial charge in [-0.3, -0.25) is 4.18 Å². The molecular formula is C18H30O3S. The third-order valence-electron chi connectivity index (χ3n) is 3.94. The first-order chi connectivity index (χ1) is 10.5. The van der Waals surface area contributed by atoms with Crippen LogP contribution in [0, 0.1) is 12.8 Å². The van der Waals surface area contributed by atoms with Crippen LogP contribution in [0.1, 0.15) is 64.4 Å². The summed E-state index contributed by atoms with van der Waals surface area (Å²) in [6.07, 6.45) is 8.20. The van der Waals surface area contributed by atoms with E-state index in [4.69, 9.17) is 4.18 Å². The van der Waals surface area contributed by atoms with Gasteiger partial charge in [-0.2, -0.15) is 8.42 Å². The van der Waals surface area contributed by atoms with Gasteiger partial charge < -0.3 is 0 Å². The lowest BCUT2D eigenvalue weighted by molar-refractivity contribution is 0.294. The zero-order valence-electron chi connectivity index (χ0n) is 14.2. The molecule has 0 saturated carbocycles. The van der Waals surface area contributed by atoms with Gasteiger partial charge >= 0.3 is 0 Å². The van der Waals surface area contributed by atoms with Gasteiger partial charge in [-0.1, -0.05) is 63.6 Å². The Morgan fingerprint density at radius 2 is 1.64 bits per heavy atom. The van der Waals surface area contributed by atoms with E-state index in [0.29, 0.717) is 5.92 Å². The van der Waals surface area contributed by atoms with Crippen LogP contribution in [0.15, 0.2) is 29.2 Å². The van der Waals surface area contributed by atoms with Gasteiger partial charge in [0.15, 0.2) is 0 Å². The molecule has 0 fully saturated rings. The van der Waals surface area contributed by atoms with Crippen LogP contribution in [0.4, 0.5) is 0 Å². The van der Waals surface area contributed by atoms with E-state index in [9.17, 15) is 8.42 Å². The Hall–Kier alpha value is -0.870. The molecule has 1 aromatic carbocycles. The van der Waals surface area contributed by atoms with Crippen molar-refractivity contribution >= 4 is 10.1 Å². The molecule has 0 bridgehead atoms. The van der Waals surface area contributed by atoms with Gasteiger partial charge in [0, 0.05) is 0 Å². The first-order valence-corrected chi connectivity index (χ1v) is 9.82. The molecule has 0 saturated heterocycles. The number of unbranched alkanes of at least 4 members (excludes halogenated alkanes) is 3. The summed E-state index contributed by atoms with van der Waals surface area (Å²) < 4.78 is 29.1. The lowest BCUT2D eigenvalue weighted by atomic mass is 9.98. The number of hydrogen-bond acceptors (Lipinski definition) is 3. The first kappa shape index (κ1) is 19.2. The minimum atomic E-state index is -3.60. The molecule has 0 unspecified atom stereocenters. The predicted octanol–water partition coefficient (Wildman–Crippen LogP) is 5.09. The van der Waals surface area contributed by atoms with E-state index in [0.717, 1.165) is 18.4 Å². The average molecular weight is 327 g/mol. The van der Waals surface area contributed by atoms with E-state index in [-0.39, 0.29) is 11.5 Å².